The highest BCUT2D eigenvalue weighted by Gasteiger charge is 2.39. The zero-order valence-corrected chi connectivity index (χ0v) is 12.4. The molecule has 108 valence electrons. The zero-order chi connectivity index (χ0) is 14.3. The smallest absolute Gasteiger partial charge is 0.161 e. The van der Waals surface area contributed by atoms with E-state index in [1.54, 1.807) is 6.92 Å². The lowest BCUT2D eigenvalue weighted by atomic mass is 9.88. The molecule has 0 amide bonds. The second kappa shape index (κ2) is 5.12. The van der Waals surface area contributed by atoms with Crippen LogP contribution >= 0.6 is 0 Å². The quantitative estimate of drug-likeness (QED) is 0.675. The second-order valence-corrected chi connectivity index (χ2v) is 6.64. The molecule has 0 aliphatic heterocycles. The number of nitrogen functional groups attached to an aromatic ring is 1. The molecule has 2 saturated carbocycles. The van der Waals surface area contributed by atoms with Crippen LogP contribution in [0.2, 0.25) is 0 Å². The molecule has 0 radical (unpaired) electrons. The molecule has 1 aromatic carbocycles. The van der Waals surface area contributed by atoms with Crippen molar-refractivity contribution in [2.45, 2.75) is 32.6 Å². The van der Waals surface area contributed by atoms with Crippen LogP contribution in [0.5, 0.6) is 0 Å². The predicted octanol–water partition coefficient (Wildman–Crippen LogP) is 3.34. The van der Waals surface area contributed by atoms with Crippen LogP contribution in [-0.2, 0) is 0 Å². The Morgan fingerprint density at radius 1 is 1.35 bits per heavy atom. The van der Waals surface area contributed by atoms with Gasteiger partial charge in [0.1, 0.15) is 0 Å². The molecule has 2 bridgehead atoms. The first-order valence-electron chi connectivity index (χ1n) is 7.66. The highest BCUT2D eigenvalue weighted by Crippen LogP contribution is 2.48. The minimum atomic E-state index is 0.0322. The van der Waals surface area contributed by atoms with E-state index in [9.17, 15) is 4.79 Å². The summed E-state index contributed by atoms with van der Waals surface area (Å²) in [5.41, 5.74) is 8.32. The summed E-state index contributed by atoms with van der Waals surface area (Å²) in [6.07, 6.45) is 5.72. The monoisotopic (exact) mass is 272 g/mol. The summed E-state index contributed by atoms with van der Waals surface area (Å²) < 4.78 is 0. The first-order chi connectivity index (χ1) is 9.54. The lowest BCUT2D eigenvalue weighted by Gasteiger charge is -2.29. The number of ketones is 1. The molecule has 3 nitrogen and oxygen atoms in total. The fraction of sp³-hybridized carbons (Fsp3) is 0.588. The molecule has 0 spiro atoms. The maximum atomic E-state index is 11.4. The average molecular weight is 272 g/mol. The van der Waals surface area contributed by atoms with E-state index >= 15 is 0 Å². The Morgan fingerprint density at radius 3 is 2.70 bits per heavy atom. The average Bonchev–Trinajstić information content (AvgIpc) is 3.00. The van der Waals surface area contributed by atoms with Crippen molar-refractivity contribution < 1.29 is 4.79 Å². The number of nitrogens with two attached hydrogens (primary N) is 1. The van der Waals surface area contributed by atoms with Crippen LogP contribution in [0.4, 0.5) is 11.4 Å². The fourth-order valence-electron chi connectivity index (χ4n) is 4.17. The summed E-state index contributed by atoms with van der Waals surface area (Å²) in [6.45, 7) is 2.67. The lowest BCUT2D eigenvalue weighted by molar-refractivity contribution is 0.101. The number of nitrogens with zero attached hydrogens (tertiary/aromatic N) is 1. The van der Waals surface area contributed by atoms with E-state index < -0.39 is 0 Å². The number of benzene rings is 1. The summed E-state index contributed by atoms with van der Waals surface area (Å²) in [7, 11) is 2.13. The van der Waals surface area contributed by atoms with Crippen LogP contribution in [0.25, 0.3) is 0 Å². The number of carbonyl (C=O) groups excluding carboxylic acids is 1. The van der Waals surface area contributed by atoms with Gasteiger partial charge in [-0.05, 0) is 62.1 Å². The van der Waals surface area contributed by atoms with Gasteiger partial charge < -0.3 is 10.6 Å². The van der Waals surface area contributed by atoms with Gasteiger partial charge in [0, 0.05) is 30.5 Å². The van der Waals surface area contributed by atoms with Gasteiger partial charge >= 0.3 is 0 Å². The van der Waals surface area contributed by atoms with E-state index in [-0.39, 0.29) is 5.78 Å². The van der Waals surface area contributed by atoms with E-state index in [4.69, 9.17) is 5.73 Å². The van der Waals surface area contributed by atoms with Gasteiger partial charge in [-0.25, -0.2) is 0 Å². The number of hydrogen-bond acceptors (Lipinski definition) is 3. The molecule has 2 aliphatic rings. The fourth-order valence-corrected chi connectivity index (χ4v) is 4.17. The van der Waals surface area contributed by atoms with Crippen LogP contribution < -0.4 is 10.6 Å². The Bertz CT molecular complexity index is 526. The minimum Gasteiger partial charge on any atom is -0.398 e. The standard InChI is InChI=1S/C17H24N2O/c1-11(20)16-6-5-15(9-17(16)18)19(2)10-14-8-12-3-4-13(14)7-12/h5-6,9,12-14H,3-4,7-8,10,18H2,1-2H3. The number of carbonyl (C=O) groups is 1. The summed E-state index contributed by atoms with van der Waals surface area (Å²) >= 11 is 0. The maximum Gasteiger partial charge on any atom is 0.161 e. The Labute approximate surface area is 121 Å². The molecule has 3 atom stereocenters. The van der Waals surface area contributed by atoms with Gasteiger partial charge in [-0.15, -0.1) is 0 Å². The largest absolute Gasteiger partial charge is 0.398 e. The van der Waals surface area contributed by atoms with Gasteiger partial charge in [-0.3, -0.25) is 4.79 Å². The maximum absolute atomic E-state index is 11.4. The summed E-state index contributed by atoms with van der Waals surface area (Å²) in [4.78, 5) is 13.7. The molecule has 0 heterocycles. The molecule has 0 saturated heterocycles. The van der Waals surface area contributed by atoms with Gasteiger partial charge in [0.25, 0.3) is 0 Å². The van der Waals surface area contributed by atoms with Crippen molar-refractivity contribution in [2.24, 2.45) is 17.8 Å². The van der Waals surface area contributed by atoms with Crippen molar-refractivity contribution in [3.63, 3.8) is 0 Å². The lowest BCUT2D eigenvalue weighted by Crippen LogP contribution is -2.28. The minimum absolute atomic E-state index is 0.0322. The topological polar surface area (TPSA) is 46.3 Å². The molecule has 1 aromatic rings. The molecular weight excluding hydrogens is 248 g/mol. The van der Waals surface area contributed by atoms with Gasteiger partial charge in [0.2, 0.25) is 0 Å². The predicted molar refractivity (Wildman–Crippen MR) is 83.1 cm³/mol. The molecule has 3 unspecified atom stereocenters. The number of hydrogen-bond donors (Lipinski definition) is 1. The summed E-state index contributed by atoms with van der Waals surface area (Å²) in [6, 6.07) is 5.80. The Hall–Kier alpha value is -1.51. The molecule has 2 aliphatic carbocycles. The molecule has 0 aromatic heterocycles. The van der Waals surface area contributed by atoms with Crippen molar-refractivity contribution in [3.8, 4) is 0 Å². The van der Waals surface area contributed by atoms with Crippen molar-refractivity contribution in [1.82, 2.24) is 0 Å². The van der Waals surface area contributed by atoms with Crippen molar-refractivity contribution >= 4 is 17.2 Å². The van der Waals surface area contributed by atoms with Crippen LogP contribution in [0, 0.1) is 17.8 Å². The first kappa shape index (κ1) is 13.5. The van der Waals surface area contributed by atoms with Crippen LogP contribution in [-0.4, -0.2) is 19.4 Å². The van der Waals surface area contributed by atoms with E-state index in [0.29, 0.717) is 11.3 Å². The zero-order valence-electron chi connectivity index (χ0n) is 12.4. The number of anilines is 2. The van der Waals surface area contributed by atoms with Gasteiger partial charge in [-0.2, -0.15) is 0 Å². The van der Waals surface area contributed by atoms with Gasteiger partial charge in [0.15, 0.2) is 5.78 Å². The molecule has 2 fully saturated rings. The number of fused-ring (bicyclic) bond motifs is 2. The van der Waals surface area contributed by atoms with Crippen LogP contribution in [0.15, 0.2) is 18.2 Å². The summed E-state index contributed by atoms with van der Waals surface area (Å²) in [5.74, 6) is 2.80. The van der Waals surface area contributed by atoms with E-state index in [0.717, 1.165) is 30.0 Å². The third-order valence-corrected chi connectivity index (χ3v) is 5.25. The SMILES string of the molecule is CC(=O)c1ccc(N(C)CC2CC3CCC2C3)cc1N. The number of rotatable bonds is 4. The molecular formula is C17H24N2O. The Balaban J connectivity index is 1.69. The van der Waals surface area contributed by atoms with E-state index in [1.165, 1.54) is 25.7 Å². The van der Waals surface area contributed by atoms with Gasteiger partial charge in [-0.1, -0.05) is 6.42 Å². The van der Waals surface area contributed by atoms with Crippen LogP contribution in [0.3, 0.4) is 0 Å². The van der Waals surface area contributed by atoms with Crippen molar-refractivity contribution in [2.75, 3.05) is 24.2 Å². The first-order valence-corrected chi connectivity index (χ1v) is 7.66. The molecule has 3 heteroatoms. The second-order valence-electron chi connectivity index (χ2n) is 6.64. The van der Waals surface area contributed by atoms with E-state index in [2.05, 4.69) is 11.9 Å². The third kappa shape index (κ3) is 2.41. The number of Topliss-reactive ketones (excluding diaryl/α,β-unsaturated/α-hetero) is 1. The van der Waals surface area contributed by atoms with E-state index in [1.807, 2.05) is 18.2 Å². The Morgan fingerprint density at radius 2 is 2.15 bits per heavy atom. The third-order valence-electron chi connectivity index (χ3n) is 5.25. The Kier molecular flexibility index (Phi) is 3.45. The summed E-state index contributed by atoms with van der Waals surface area (Å²) in [5, 5.41) is 0. The van der Waals surface area contributed by atoms with Gasteiger partial charge in [0.05, 0.1) is 0 Å². The van der Waals surface area contributed by atoms with Crippen LogP contribution in [0.1, 0.15) is 43.0 Å². The molecule has 20 heavy (non-hydrogen) atoms. The van der Waals surface area contributed by atoms with Crippen molar-refractivity contribution in [3.05, 3.63) is 23.8 Å². The highest BCUT2D eigenvalue weighted by atomic mass is 16.1. The van der Waals surface area contributed by atoms with Crippen molar-refractivity contribution in [1.29, 1.82) is 0 Å². The normalized spacial score (nSPS) is 27.8. The highest BCUT2D eigenvalue weighted by molar-refractivity contribution is 5.99. The molecule has 3 rings (SSSR count). The molecule has 2 N–H and O–H groups in total.